The zero-order valence-corrected chi connectivity index (χ0v) is 18.7. The molecule has 0 aliphatic rings. The quantitative estimate of drug-likeness (QED) is 0.268. The second-order valence-corrected chi connectivity index (χ2v) is 8.10. The average Bonchev–Trinajstić information content (AvgIpc) is 3.23. The number of nitriles is 1. The molecular weight excluding hydrogens is 448 g/mol. The number of nitrogens with zero attached hydrogens (tertiary/aromatic N) is 2. The highest BCUT2D eigenvalue weighted by Crippen LogP contribution is 2.31. The minimum atomic E-state index is 0.514. The molecule has 0 unspecified atom stereocenters. The van der Waals surface area contributed by atoms with Crippen molar-refractivity contribution < 1.29 is 9.47 Å². The zero-order valence-electron chi connectivity index (χ0n) is 16.3. The molecule has 0 saturated heterocycles. The molecule has 0 aliphatic carbocycles. The van der Waals surface area contributed by atoms with Gasteiger partial charge in [0, 0.05) is 15.4 Å². The van der Waals surface area contributed by atoms with Gasteiger partial charge in [-0.05, 0) is 42.3 Å². The number of ether oxygens (including phenoxy) is 2. The monoisotopic (exact) mass is 468 g/mol. The fourth-order valence-electron chi connectivity index (χ4n) is 2.68. The number of hydrogen-bond acceptors (Lipinski definition) is 5. The van der Waals surface area contributed by atoms with Crippen LogP contribution in [0.2, 0.25) is 0 Å². The first kappa shape index (κ1) is 21.1. The van der Waals surface area contributed by atoms with E-state index in [9.17, 15) is 5.26 Å². The predicted octanol–water partition coefficient (Wildman–Crippen LogP) is 6.82. The molecule has 0 fully saturated rings. The van der Waals surface area contributed by atoms with Crippen molar-refractivity contribution in [2.24, 2.45) is 0 Å². The molecule has 148 valence electrons. The van der Waals surface area contributed by atoms with Gasteiger partial charge in [-0.2, -0.15) is 5.26 Å². The maximum atomic E-state index is 9.67. The Bertz CT molecular complexity index is 1040. The number of aromatic nitrogens is 1. The molecule has 0 bridgehead atoms. The van der Waals surface area contributed by atoms with Gasteiger partial charge in [-0.15, -0.1) is 11.3 Å². The summed E-state index contributed by atoms with van der Waals surface area (Å²) in [5.74, 6) is 1.37. The van der Waals surface area contributed by atoms with Crippen LogP contribution in [-0.4, -0.2) is 18.7 Å². The molecule has 29 heavy (non-hydrogen) atoms. The first-order chi connectivity index (χ1) is 14.1. The van der Waals surface area contributed by atoms with E-state index >= 15 is 0 Å². The van der Waals surface area contributed by atoms with Crippen molar-refractivity contribution in [3.05, 3.63) is 62.9 Å². The molecule has 1 aromatic heterocycles. The van der Waals surface area contributed by atoms with Gasteiger partial charge in [-0.25, -0.2) is 4.98 Å². The van der Waals surface area contributed by atoms with E-state index in [1.165, 1.54) is 11.3 Å². The summed E-state index contributed by atoms with van der Waals surface area (Å²) in [6, 6.07) is 15.9. The third-order valence-corrected chi connectivity index (χ3v) is 5.65. The maximum Gasteiger partial charge on any atom is 0.161 e. The van der Waals surface area contributed by atoms with E-state index in [1.54, 1.807) is 7.11 Å². The van der Waals surface area contributed by atoms with Crippen LogP contribution in [-0.2, 0) is 0 Å². The Balaban J connectivity index is 1.84. The lowest BCUT2D eigenvalue weighted by Crippen LogP contribution is -1.99. The molecule has 1 heterocycles. The van der Waals surface area contributed by atoms with Crippen molar-refractivity contribution in [1.82, 2.24) is 4.98 Å². The SMILES string of the molecule is CCCCOc1ccc(/C=C(\C#N)c2nc(-c3ccc(Br)cc3)cs2)cc1OC. The van der Waals surface area contributed by atoms with Crippen molar-refractivity contribution in [2.75, 3.05) is 13.7 Å². The fraction of sp³-hybridized carbons (Fsp3) is 0.217. The van der Waals surface area contributed by atoms with Gasteiger partial charge < -0.3 is 9.47 Å². The lowest BCUT2D eigenvalue weighted by Gasteiger charge is -2.11. The van der Waals surface area contributed by atoms with E-state index in [4.69, 9.17) is 9.47 Å². The normalized spacial score (nSPS) is 11.2. The van der Waals surface area contributed by atoms with Crippen LogP contribution < -0.4 is 9.47 Å². The second kappa shape index (κ2) is 10.2. The second-order valence-electron chi connectivity index (χ2n) is 6.33. The highest BCUT2D eigenvalue weighted by atomic mass is 79.9. The Morgan fingerprint density at radius 3 is 2.69 bits per heavy atom. The molecule has 0 amide bonds. The third-order valence-electron chi connectivity index (χ3n) is 4.25. The van der Waals surface area contributed by atoms with E-state index in [0.717, 1.165) is 34.1 Å². The zero-order chi connectivity index (χ0) is 20.6. The smallest absolute Gasteiger partial charge is 0.161 e. The van der Waals surface area contributed by atoms with Gasteiger partial charge in [0.25, 0.3) is 0 Å². The Labute approximate surface area is 183 Å². The molecule has 2 aromatic carbocycles. The van der Waals surface area contributed by atoms with Crippen LogP contribution in [0.4, 0.5) is 0 Å². The maximum absolute atomic E-state index is 9.67. The third kappa shape index (κ3) is 5.47. The summed E-state index contributed by atoms with van der Waals surface area (Å²) in [5, 5.41) is 12.3. The summed E-state index contributed by atoms with van der Waals surface area (Å²) in [6.45, 7) is 2.78. The van der Waals surface area contributed by atoms with E-state index < -0.39 is 0 Å². The van der Waals surface area contributed by atoms with Gasteiger partial charge in [0.1, 0.15) is 11.1 Å². The fourth-order valence-corrected chi connectivity index (χ4v) is 3.74. The minimum Gasteiger partial charge on any atom is -0.493 e. The van der Waals surface area contributed by atoms with Crippen LogP contribution in [0.15, 0.2) is 52.3 Å². The molecule has 0 radical (unpaired) electrons. The first-order valence-corrected chi connectivity index (χ1v) is 11.0. The van der Waals surface area contributed by atoms with Crippen molar-refractivity contribution in [1.29, 1.82) is 5.26 Å². The highest BCUT2D eigenvalue weighted by molar-refractivity contribution is 9.10. The van der Waals surface area contributed by atoms with E-state index in [0.29, 0.717) is 28.7 Å². The molecule has 0 saturated carbocycles. The minimum absolute atomic E-state index is 0.514. The lowest BCUT2D eigenvalue weighted by molar-refractivity contribution is 0.288. The van der Waals surface area contributed by atoms with Crippen LogP contribution in [0.25, 0.3) is 22.9 Å². The largest absolute Gasteiger partial charge is 0.493 e. The van der Waals surface area contributed by atoms with Gasteiger partial charge >= 0.3 is 0 Å². The number of unbranched alkanes of at least 4 members (excludes halogenated alkanes) is 1. The summed E-state index contributed by atoms with van der Waals surface area (Å²) in [5.41, 5.74) is 3.25. The Kier molecular flexibility index (Phi) is 7.45. The lowest BCUT2D eigenvalue weighted by atomic mass is 10.1. The molecule has 0 N–H and O–H groups in total. The number of hydrogen-bond donors (Lipinski definition) is 0. The van der Waals surface area contributed by atoms with Crippen molar-refractivity contribution >= 4 is 38.9 Å². The van der Waals surface area contributed by atoms with E-state index in [2.05, 4.69) is 33.9 Å². The topological polar surface area (TPSA) is 55.1 Å². The Morgan fingerprint density at radius 1 is 1.21 bits per heavy atom. The number of allylic oxidation sites excluding steroid dienone is 1. The Morgan fingerprint density at radius 2 is 2.00 bits per heavy atom. The van der Waals surface area contributed by atoms with Gasteiger partial charge in [0.15, 0.2) is 11.5 Å². The van der Waals surface area contributed by atoms with Crippen molar-refractivity contribution in [3.8, 4) is 28.8 Å². The van der Waals surface area contributed by atoms with Gasteiger partial charge in [-0.1, -0.05) is 47.5 Å². The number of benzene rings is 2. The average molecular weight is 469 g/mol. The molecule has 3 rings (SSSR count). The molecule has 6 heteroatoms. The highest BCUT2D eigenvalue weighted by Gasteiger charge is 2.11. The summed E-state index contributed by atoms with van der Waals surface area (Å²) in [4.78, 5) is 4.64. The van der Waals surface area contributed by atoms with E-state index in [1.807, 2.05) is 53.9 Å². The van der Waals surface area contributed by atoms with Gasteiger partial charge in [0.2, 0.25) is 0 Å². The number of rotatable bonds is 8. The summed E-state index contributed by atoms with van der Waals surface area (Å²) in [7, 11) is 1.62. The van der Waals surface area contributed by atoms with Crippen LogP contribution in [0.3, 0.4) is 0 Å². The number of thiazole rings is 1. The number of methoxy groups -OCH3 is 1. The van der Waals surface area contributed by atoms with Gasteiger partial charge in [-0.3, -0.25) is 0 Å². The molecular formula is C23H21BrN2O2S. The molecule has 0 aliphatic heterocycles. The van der Waals surface area contributed by atoms with Crippen LogP contribution in [0, 0.1) is 11.3 Å². The van der Waals surface area contributed by atoms with Crippen LogP contribution in [0.1, 0.15) is 30.3 Å². The van der Waals surface area contributed by atoms with E-state index in [-0.39, 0.29) is 0 Å². The standard InChI is InChI=1S/C23H21BrN2O2S/c1-3-4-11-28-21-10-5-16(13-22(21)27-2)12-18(14-25)23-26-20(15-29-23)17-6-8-19(24)9-7-17/h5-10,12-13,15H,3-4,11H2,1-2H3/b18-12+. The van der Waals surface area contributed by atoms with Crippen molar-refractivity contribution in [2.45, 2.75) is 19.8 Å². The summed E-state index contributed by atoms with van der Waals surface area (Å²) >= 11 is 4.90. The molecule has 3 aromatic rings. The van der Waals surface area contributed by atoms with Gasteiger partial charge in [0.05, 0.1) is 25.0 Å². The first-order valence-electron chi connectivity index (χ1n) is 9.29. The molecule has 0 atom stereocenters. The van der Waals surface area contributed by atoms with Crippen LogP contribution in [0.5, 0.6) is 11.5 Å². The summed E-state index contributed by atoms with van der Waals surface area (Å²) < 4.78 is 12.2. The Hall–Kier alpha value is -2.62. The predicted molar refractivity (Wildman–Crippen MR) is 122 cm³/mol. The van der Waals surface area contributed by atoms with Crippen LogP contribution >= 0.6 is 27.3 Å². The number of halogens is 1. The molecule has 4 nitrogen and oxygen atoms in total. The summed E-state index contributed by atoms with van der Waals surface area (Å²) in [6.07, 6.45) is 3.89. The molecule has 0 spiro atoms. The van der Waals surface area contributed by atoms with Crippen molar-refractivity contribution in [3.63, 3.8) is 0 Å².